The summed E-state index contributed by atoms with van der Waals surface area (Å²) in [4.78, 5) is 29.1. The van der Waals surface area contributed by atoms with Gasteiger partial charge in [0.05, 0.1) is 0 Å². The lowest BCUT2D eigenvalue weighted by Gasteiger charge is -2.13. The van der Waals surface area contributed by atoms with Crippen LogP contribution in [0.5, 0.6) is 0 Å². The summed E-state index contributed by atoms with van der Waals surface area (Å²) in [5.41, 5.74) is 8.42. The second-order valence-corrected chi connectivity index (χ2v) is 7.23. The van der Waals surface area contributed by atoms with Crippen LogP contribution in [0.4, 0.5) is 5.69 Å². The maximum Gasteiger partial charge on any atom is 0.188 e. The van der Waals surface area contributed by atoms with Crippen LogP contribution in [-0.2, 0) is 6.42 Å². The van der Waals surface area contributed by atoms with E-state index in [0.717, 1.165) is 5.56 Å². The Labute approximate surface area is 146 Å². The number of hydrogen-bond donors (Lipinski definition) is 1. The standard InChI is InChI=1S/C20H21N3O2/c1-20(2,3)19(25)16-12-23-11-13(4-9-18(23)22-16)10-17(24)14-5-7-15(21)8-6-14/h4-9,11-12H,10,21H2,1-3H3. The van der Waals surface area contributed by atoms with Crippen molar-refractivity contribution in [3.8, 4) is 0 Å². The molecule has 0 amide bonds. The van der Waals surface area contributed by atoms with E-state index in [9.17, 15) is 9.59 Å². The number of nitrogens with two attached hydrogens (primary N) is 1. The summed E-state index contributed by atoms with van der Waals surface area (Å²) < 4.78 is 1.80. The average molecular weight is 335 g/mol. The average Bonchev–Trinajstić information content (AvgIpc) is 2.96. The molecular formula is C20H21N3O2. The number of rotatable bonds is 4. The Balaban J connectivity index is 1.85. The molecule has 0 saturated heterocycles. The molecule has 0 bridgehead atoms. The predicted octanol–water partition coefficient (Wildman–Crippen LogP) is 3.57. The lowest BCUT2D eigenvalue weighted by molar-refractivity contribution is 0.0853. The number of Topliss-reactive ketones (excluding diaryl/α,β-unsaturated/α-hetero) is 2. The third-order valence-corrected chi connectivity index (χ3v) is 4.02. The third kappa shape index (κ3) is 3.60. The minimum absolute atomic E-state index is 0.00398. The highest BCUT2D eigenvalue weighted by molar-refractivity contribution is 5.99. The van der Waals surface area contributed by atoms with Gasteiger partial charge in [0.1, 0.15) is 11.3 Å². The molecule has 128 valence electrons. The van der Waals surface area contributed by atoms with Gasteiger partial charge in [-0.25, -0.2) is 4.98 Å². The topological polar surface area (TPSA) is 77.5 Å². The van der Waals surface area contributed by atoms with Crippen LogP contribution in [0.15, 0.2) is 48.8 Å². The van der Waals surface area contributed by atoms with Crippen LogP contribution < -0.4 is 5.73 Å². The van der Waals surface area contributed by atoms with Gasteiger partial charge in [0.25, 0.3) is 0 Å². The summed E-state index contributed by atoms with van der Waals surface area (Å²) in [7, 11) is 0. The number of carbonyl (C=O) groups excluding carboxylic acids is 2. The first-order valence-electron chi connectivity index (χ1n) is 8.15. The molecule has 3 rings (SSSR count). The number of nitrogen functional groups attached to an aromatic ring is 1. The first-order chi connectivity index (χ1) is 11.7. The fraction of sp³-hybridized carbons (Fsp3) is 0.250. The van der Waals surface area contributed by atoms with Gasteiger partial charge in [-0.15, -0.1) is 0 Å². The SMILES string of the molecule is CC(C)(C)C(=O)c1cn2cc(CC(=O)c3ccc(N)cc3)ccc2n1. The number of aromatic nitrogens is 2. The van der Waals surface area contributed by atoms with Crippen molar-refractivity contribution in [2.24, 2.45) is 5.41 Å². The van der Waals surface area contributed by atoms with Gasteiger partial charge in [-0.1, -0.05) is 26.8 Å². The van der Waals surface area contributed by atoms with E-state index in [-0.39, 0.29) is 18.0 Å². The zero-order chi connectivity index (χ0) is 18.2. The van der Waals surface area contributed by atoms with E-state index < -0.39 is 5.41 Å². The molecule has 3 aromatic rings. The largest absolute Gasteiger partial charge is 0.399 e. The van der Waals surface area contributed by atoms with E-state index in [1.165, 1.54) is 0 Å². The Morgan fingerprint density at radius 1 is 1.04 bits per heavy atom. The normalized spacial score (nSPS) is 11.6. The Kier molecular flexibility index (Phi) is 4.17. The fourth-order valence-electron chi connectivity index (χ4n) is 2.59. The summed E-state index contributed by atoms with van der Waals surface area (Å²) in [6.45, 7) is 5.61. The molecule has 25 heavy (non-hydrogen) atoms. The summed E-state index contributed by atoms with van der Waals surface area (Å²) in [5, 5.41) is 0. The van der Waals surface area contributed by atoms with Crippen LogP contribution in [0, 0.1) is 5.41 Å². The minimum Gasteiger partial charge on any atom is -0.399 e. The van der Waals surface area contributed by atoms with E-state index in [4.69, 9.17) is 5.73 Å². The monoisotopic (exact) mass is 335 g/mol. The van der Waals surface area contributed by atoms with Crippen molar-refractivity contribution in [3.05, 3.63) is 65.6 Å². The zero-order valence-corrected chi connectivity index (χ0v) is 14.6. The molecule has 5 nitrogen and oxygen atoms in total. The molecule has 2 heterocycles. The third-order valence-electron chi connectivity index (χ3n) is 4.02. The Hall–Kier alpha value is -2.95. The van der Waals surface area contributed by atoms with Crippen molar-refractivity contribution < 1.29 is 9.59 Å². The molecule has 0 spiro atoms. The summed E-state index contributed by atoms with van der Waals surface area (Å²) >= 11 is 0. The first kappa shape index (κ1) is 16.9. The van der Waals surface area contributed by atoms with E-state index in [2.05, 4.69) is 4.98 Å². The van der Waals surface area contributed by atoms with Crippen LogP contribution in [-0.4, -0.2) is 21.0 Å². The quantitative estimate of drug-likeness (QED) is 0.584. The van der Waals surface area contributed by atoms with Gasteiger partial charge in [0.2, 0.25) is 0 Å². The van der Waals surface area contributed by atoms with Crippen molar-refractivity contribution >= 4 is 22.9 Å². The molecule has 1 aromatic carbocycles. The number of hydrogen-bond acceptors (Lipinski definition) is 4. The molecule has 0 saturated carbocycles. The highest BCUT2D eigenvalue weighted by Crippen LogP contribution is 2.21. The minimum atomic E-state index is -0.480. The molecule has 0 fully saturated rings. The van der Waals surface area contributed by atoms with Crippen molar-refractivity contribution in [2.75, 3.05) is 5.73 Å². The second-order valence-electron chi connectivity index (χ2n) is 7.23. The van der Waals surface area contributed by atoms with Crippen LogP contribution in [0.25, 0.3) is 5.65 Å². The van der Waals surface area contributed by atoms with Gasteiger partial charge in [0, 0.05) is 35.5 Å². The van der Waals surface area contributed by atoms with Crippen LogP contribution >= 0.6 is 0 Å². The van der Waals surface area contributed by atoms with Crippen LogP contribution in [0.3, 0.4) is 0 Å². The number of nitrogens with zero attached hydrogens (tertiary/aromatic N) is 2. The molecule has 0 aliphatic heterocycles. The maximum atomic E-state index is 12.4. The number of fused-ring (bicyclic) bond motifs is 1. The number of ketones is 2. The van der Waals surface area contributed by atoms with Gasteiger partial charge in [0.15, 0.2) is 11.6 Å². The smallest absolute Gasteiger partial charge is 0.188 e. The van der Waals surface area contributed by atoms with Crippen molar-refractivity contribution in [1.29, 1.82) is 0 Å². The van der Waals surface area contributed by atoms with E-state index in [1.54, 1.807) is 34.9 Å². The van der Waals surface area contributed by atoms with Gasteiger partial charge in [-0.3, -0.25) is 9.59 Å². The van der Waals surface area contributed by atoms with Crippen molar-refractivity contribution in [1.82, 2.24) is 9.38 Å². The second kappa shape index (κ2) is 6.16. The number of benzene rings is 1. The molecule has 0 aliphatic rings. The molecule has 0 radical (unpaired) electrons. The van der Waals surface area contributed by atoms with Gasteiger partial charge in [-0.05, 0) is 35.9 Å². The molecule has 0 aliphatic carbocycles. The van der Waals surface area contributed by atoms with E-state index in [1.807, 2.05) is 39.1 Å². The highest BCUT2D eigenvalue weighted by atomic mass is 16.1. The number of carbonyl (C=O) groups is 2. The molecule has 5 heteroatoms. The zero-order valence-electron chi connectivity index (χ0n) is 14.6. The molecule has 0 unspecified atom stereocenters. The number of imidazole rings is 1. The Morgan fingerprint density at radius 3 is 2.36 bits per heavy atom. The summed E-state index contributed by atoms with van der Waals surface area (Å²) in [6, 6.07) is 10.6. The van der Waals surface area contributed by atoms with Crippen LogP contribution in [0.1, 0.15) is 47.2 Å². The summed E-state index contributed by atoms with van der Waals surface area (Å²) in [6.07, 6.45) is 3.84. The van der Waals surface area contributed by atoms with Gasteiger partial charge < -0.3 is 10.1 Å². The van der Waals surface area contributed by atoms with Crippen molar-refractivity contribution in [2.45, 2.75) is 27.2 Å². The Morgan fingerprint density at radius 2 is 1.72 bits per heavy atom. The molecule has 2 aromatic heterocycles. The highest BCUT2D eigenvalue weighted by Gasteiger charge is 2.25. The maximum absolute atomic E-state index is 12.4. The molecule has 0 atom stereocenters. The lowest BCUT2D eigenvalue weighted by atomic mass is 9.89. The van der Waals surface area contributed by atoms with Gasteiger partial charge >= 0.3 is 0 Å². The Bertz CT molecular complexity index is 947. The van der Waals surface area contributed by atoms with E-state index in [0.29, 0.717) is 22.6 Å². The first-order valence-corrected chi connectivity index (χ1v) is 8.15. The van der Waals surface area contributed by atoms with Crippen molar-refractivity contribution in [3.63, 3.8) is 0 Å². The van der Waals surface area contributed by atoms with Gasteiger partial charge in [-0.2, -0.15) is 0 Å². The van der Waals surface area contributed by atoms with Crippen LogP contribution in [0.2, 0.25) is 0 Å². The lowest BCUT2D eigenvalue weighted by Crippen LogP contribution is -2.20. The number of pyridine rings is 1. The number of anilines is 1. The summed E-state index contributed by atoms with van der Waals surface area (Å²) in [5.74, 6) is 0.0150. The fourth-order valence-corrected chi connectivity index (χ4v) is 2.59. The molecule has 2 N–H and O–H groups in total. The van der Waals surface area contributed by atoms with E-state index >= 15 is 0 Å². The molecular weight excluding hydrogens is 314 g/mol. The predicted molar refractivity (Wildman–Crippen MR) is 97.9 cm³/mol.